The zero-order valence-corrected chi connectivity index (χ0v) is 15.2. The van der Waals surface area contributed by atoms with E-state index in [4.69, 9.17) is 14.2 Å². The molecule has 0 bridgehead atoms. The van der Waals surface area contributed by atoms with Crippen molar-refractivity contribution < 1.29 is 19.3 Å². The maximum absolute atomic E-state index is 11.2. The molecule has 136 valence electrons. The average Bonchev–Trinajstić information content (AvgIpc) is 3.22. The maximum Gasteiger partial charge on any atom is 0.176 e. The van der Waals surface area contributed by atoms with E-state index in [1.54, 1.807) is 7.11 Å². The van der Waals surface area contributed by atoms with Crippen LogP contribution in [0.1, 0.15) is 49.7 Å². The number of rotatable bonds is 1. The smallest absolute Gasteiger partial charge is 0.176 e. The molecule has 3 aliphatic carbocycles. The van der Waals surface area contributed by atoms with Crippen molar-refractivity contribution in [1.82, 2.24) is 0 Å². The molecule has 1 aliphatic heterocycles. The van der Waals surface area contributed by atoms with Gasteiger partial charge in [0.25, 0.3) is 0 Å². The van der Waals surface area contributed by atoms with Crippen LogP contribution < -0.4 is 4.74 Å². The molecular weight excluding hydrogens is 316 g/mol. The molecule has 5 rings (SSSR count). The van der Waals surface area contributed by atoms with E-state index in [9.17, 15) is 5.11 Å². The predicted molar refractivity (Wildman–Crippen MR) is 93.6 cm³/mol. The first-order chi connectivity index (χ1) is 12.1. The lowest BCUT2D eigenvalue weighted by Crippen LogP contribution is -2.58. The highest BCUT2D eigenvalue weighted by molar-refractivity contribution is 5.41. The van der Waals surface area contributed by atoms with E-state index in [1.807, 2.05) is 0 Å². The predicted octanol–water partition coefficient (Wildman–Crippen LogP) is 3.27. The topological polar surface area (TPSA) is 47.9 Å². The Morgan fingerprint density at radius 3 is 2.76 bits per heavy atom. The summed E-state index contributed by atoms with van der Waals surface area (Å²) in [6.45, 7) is 3.54. The highest BCUT2D eigenvalue weighted by atomic mass is 16.7. The maximum atomic E-state index is 11.2. The van der Waals surface area contributed by atoms with Gasteiger partial charge in [-0.05, 0) is 66.7 Å². The lowest BCUT2D eigenvalue weighted by atomic mass is 9.53. The highest BCUT2D eigenvalue weighted by Crippen LogP contribution is 2.66. The number of hydrogen-bond donors (Lipinski definition) is 1. The second-order valence-corrected chi connectivity index (χ2v) is 8.50. The molecule has 1 spiro atoms. The fraction of sp³-hybridized carbons (Fsp3) is 0.714. The minimum Gasteiger partial charge on any atom is -0.497 e. The van der Waals surface area contributed by atoms with Gasteiger partial charge < -0.3 is 19.3 Å². The summed E-state index contributed by atoms with van der Waals surface area (Å²) in [7, 11) is 1.72. The molecule has 1 aromatic rings. The second kappa shape index (κ2) is 5.45. The van der Waals surface area contributed by atoms with Crippen molar-refractivity contribution >= 4 is 0 Å². The van der Waals surface area contributed by atoms with E-state index in [2.05, 4.69) is 25.1 Å². The van der Waals surface area contributed by atoms with Crippen LogP contribution >= 0.6 is 0 Å². The molecule has 3 fully saturated rings. The van der Waals surface area contributed by atoms with Crippen molar-refractivity contribution in [2.45, 2.75) is 56.8 Å². The molecule has 0 amide bonds. The van der Waals surface area contributed by atoms with Crippen LogP contribution in [0.5, 0.6) is 5.75 Å². The number of methoxy groups -OCH3 is 1. The van der Waals surface area contributed by atoms with E-state index >= 15 is 0 Å². The number of aryl methyl sites for hydroxylation is 1. The molecule has 4 aliphatic rings. The average molecular weight is 344 g/mol. The number of aliphatic hydroxyl groups is 1. The third kappa shape index (κ3) is 1.99. The van der Waals surface area contributed by atoms with Crippen LogP contribution in [0, 0.1) is 17.3 Å². The SMILES string of the molecule is COc1ccc2c(c1)CC[C@@H]1[C@@H]2C[C@@H](O)[C@@]2(C)[C@H]1CCC21OCCO1. The fourth-order valence-corrected chi connectivity index (χ4v) is 6.58. The largest absolute Gasteiger partial charge is 0.497 e. The minimum atomic E-state index is -0.553. The Balaban J connectivity index is 1.53. The summed E-state index contributed by atoms with van der Waals surface area (Å²) in [6, 6.07) is 6.49. The van der Waals surface area contributed by atoms with Crippen LogP contribution in [0.15, 0.2) is 18.2 Å². The molecule has 4 nitrogen and oxygen atoms in total. The molecule has 0 aromatic heterocycles. The van der Waals surface area contributed by atoms with Crippen LogP contribution in [0.4, 0.5) is 0 Å². The Hall–Kier alpha value is -1.10. The van der Waals surface area contributed by atoms with Gasteiger partial charge in [0.15, 0.2) is 5.79 Å². The summed E-state index contributed by atoms with van der Waals surface area (Å²) in [4.78, 5) is 0. The summed E-state index contributed by atoms with van der Waals surface area (Å²) in [6.07, 6.45) is 4.74. The molecule has 0 unspecified atom stereocenters. The number of aliphatic hydroxyl groups excluding tert-OH is 1. The first kappa shape index (κ1) is 16.1. The molecule has 0 radical (unpaired) electrons. The molecule has 5 atom stereocenters. The van der Waals surface area contributed by atoms with E-state index in [1.165, 1.54) is 17.5 Å². The van der Waals surface area contributed by atoms with Crippen LogP contribution in [-0.2, 0) is 15.9 Å². The van der Waals surface area contributed by atoms with E-state index in [0.717, 1.165) is 31.4 Å². The van der Waals surface area contributed by atoms with E-state index in [-0.39, 0.29) is 11.5 Å². The quantitative estimate of drug-likeness (QED) is 0.849. The van der Waals surface area contributed by atoms with Gasteiger partial charge in [0.2, 0.25) is 0 Å². The summed E-state index contributed by atoms with van der Waals surface area (Å²) < 4.78 is 17.7. The molecule has 4 heteroatoms. The fourth-order valence-electron chi connectivity index (χ4n) is 6.58. The lowest BCUT2D eigenvalue weighted by Gasteiger charge is -2.55. The van der Waals surface area contributed by atoms with Gasteiger partial charge in [-0.3, -0.25) is 0 Å². The number of ether oxygens (including phenoxy) is 3. The monoisotopic (exact) mass is 344 g/mol. The van der Waals surface area contributed by atoms with Crippen molar-refractivity contribution in [1.29, 1.82) is 0 Å². The van der Waals surface area contributed by atoms with Crippen LogP contribution in [0.25, 0.3) is 0 Å². The van der Waals surface area contributed by atoms with Gasteiger partial charge in [0.05, 0.1) is 31.8 Å². The Bertz CT molecular complexity index is 680. The Morgan fingerprint density at radius 2 is 2.00 bits per heavy atom. The third-order valence-corrected chi connectivity index (χ3v) is 7.83. The summed E-state index contributed by atoms with van der Waals surface area (Å²) in [5.41, 5.74) is 2.54. The van der Waals surface area contributed by atoms with Gasteiger partial charge in [-0.15, -0.1) is 0 Å². The zero-order valence-electron chi connectivity index (χ0n) is 15.2. The van der Waals surface area contributed by atoms with Gasteiger partial charge in [-0.1, -0.05) is 13.0 Å². The number of benzene rings is 1. The lowest BCUT2D eigenvalue weighted by molar-refractivity contribution is -0.266. The Labute approximate surface area is 149 Å². The Morgan fingerprint density at radius 1 is 1.20 bits per heavy atom. The molecule has 25 heavy (non-hydrogen) atoms. The van der Waals surface area contributed by atoms with Gasteiger partial charge in [-0.2, -0.15) is 0 Å². The Kier molecular flexibility index (Phi) is 3.51. The van der Waals surface area contributed by atoms with Crippen LogP contribution in [0.2, 0.25) is 0 Å². The zero-order chi connectivity index (χ0) is 17.2. The van der Waals surface area contributed by atoms with E-state index in [0.29, 0.717) is 31.0 Å². The summed E-state index contributed by atoms with van der Waals surface area (Å²) in [5.74, 6) is 1.91. The molecule has 1 heterocycles. The second-order valence-electron chi connectivity index (χ2n) is 8.50. The van der Waals surface area contributed by atoms with Crippen molar-refractivity contribution in [2.24, 2.45) is 17.3 Å². The van der Waals surface area contributed by atoms with Crippen molar-refractivity contribution in [3.63, 3.8) is 0 Å². The van der Waals surface area contributed by atoms with E-state index < -0.39 is 5.79 Å². The minimum absolute atomic E-state index is 0.283. The normalized spacial score (nSPS) is 41.2. The van der Waals surface area contributed by atoms with Gasteiger partial charge in [0, 0.05) is 6.42 Å². The first-order valence-corrected chi connectivity index (χ1v) is 9.72. The van der Waals surface area contributed by atoms with Gasteiger partial charge in [-0.25, -0.2) is 0 Å². The van der Waals surface area contributed by atoms with Gasteiger partial charge >= 0.3 is 0 Å². The standard InChI is InChI=1S/C21H28O4/c1-20-18(7-8-21(20)24-9-10-25-21)16-5-3-13-11-14(23-2)4-6-15(13)17(16)12-19(20)22/h4,6,11,16-19,22H,3,5,7-10,12H2,1-2H3/t16-,17-,18+,19-,20-/m1/s1. The summed E-state index contributed by atoms with van der Waals surface area (Å²) in [5, 5.41) is 11.2. The number of fused-ring (bicyclic) bond motifs is 6. The first-order valence-electron chi connectivity index (χ1n) is 9.72. The molecule has 1 aromatic carbocycles. The van der Waals surface area contributed by atoms with Crippen LogP contribution in [0.3, 0.4) is 0 Å². The third-order valence-electron chi connectivity index (χ3n) is 7.83. The van der Waals surface area contributed by atoms with Crippen LogP contribution in [-0.4, -0.2) is 37.3 Å². The van der Waals surface area contributed by atoms with Crippen molar-refractivity contribution in [3.8, 4) is 5.75 Å². The van der Waals surface area contributed by atoms with Crippen molar-refractivity contribution in [3.05, 3.63) is 29.3 Å². The molecule has 2 saturated carbocycles. The number of hydrogen-bond acceptors (Lipinski definition) is 4. The summed E-state index contributed by atoms with van der Waals surface area (Å²) >= 11 is 0. The highest BCUT2D eigenvalue weighted by Gasteiger charge is 2.68. The van der Waals surface area contributed by atoms with Crippen molar-refractivity contribution in [2.75, 3.05) is 20.3 Å². The van der Waals surface area contributed by atoms with Gasteiger partial charge in [0.1, 0.15) is 5.75 Å². The molecular formula is C21H28O4. The molecule has 1 N–H and O–H groups in total. The molecule has 1 saturated heterocycles.